The SMILES string of the molecule is Cc1ccc(SCC(=O)NC(C)c2cccc(OCc3ccccn3)c2)cc1. The van der Waals surface area contributed by atoms with Crippen LogP contribution in [0, 0.1) is 6.92 Å². The van der Waals surface area contributed by atoms with Gasteiger partial charge in [0.15, 0.2) is 0 Å². The highest BCUT2D eigenvalue weighted by Gasteiger charge is 2.11. The van der Waals surface area contributed by atoms with Gasteiger partial charge in [0.1, 0.15) is 12.4 Å². The minimum atomic E-state index is -0.0930. The number of amides is 1. The predicted octanol–water partition coefficient (Wildman–Crippen LogP) is 4.94. The van der Waals surface area contributed by atoms with Crippen molar-refractivity contribution in [3.8, 4) is 5.75 Å². The Kier molecular flexibility index (Phi) is 7.09. The third-order valence-corrected chi connectivity index (χ3v) is 5.25. The molecular formula is C23H24N2O2S. The molecule has 28 heavy (non-hydrogen) atoms. The molecule has 0 aliphatic carbocycles. The molecule has 0 aliphatic rings. The molecule has 0 aliphatic heterocycles. The summed E-state index contributed by atoms with van der Waals surface area (Å²) in [4.78, 5) is 17.6. The number of carbonyl (C=O) groups is 1. The number of benzene rings is 2. The number of nitrogens with one attached hydrogen (secondary N) is 1. The quantitative estimate of drug-likeness (QED) is 0.552. The summed E-state index contributed by atoms with van der Waals surface area (Å²) in [6, 6.07) is 21.6. The summed E-state index contributed by atoms with van der Waals surface area (Å²) in [7, 11) is 0. The van der Waals surface area contributed by atoms with Crippen molar-refractivity contribution in [1.82, 2.24) is 10.3 Å². The highest BCUT2D eigenvalue weighted by atomic mass is 32.2. The van der Waals surface area contributed by atoms with Gasteiger partial charge in [-0.3, -0.25) is 9.78 Å². The molecule has 3 aromatic rings. The van der Waals surface area contributed by atoms with Crippen LogP contribution in [-0.4, -0.2) is 16.6 Å². The lowest BCUT2D eigenvalue weighted by molar-refractivity contribution is -0.119. The summed E-state index contributed by atoms with van der Waals surface area (Å²) in [5, 5.41) is 3.05. The van der Waals surface area contributed by atoms with Gasteiger partial charge in [-0.15, -0.1) is 11.8 Å². The maximum atomic E-state index is 12.3. The van der Waals surface area contributed by atoms with Crippen molar-refractivity contribution in [2.75, 3.05) is 5.75 Å². The lowest BCUT2D eigenvalue weighted by atomic mass is 10.1. The Balaban J connectivity index is 1.51. The van der Waals surface area contributed by atoms with E-state index in [1.165, 1.54) is 17.3 Å². The number of pyridine rings is 1. The number of nitrogens with zero attached hydrogens (tertiary/aromatic N) is 1. The van der Waals surface area contributed by atoms with Crippen LogP contribution in [0.5, 0.6) is 5.75 Å². The average molecular weight is 393 g/mol. The molecule has 0 saturated heterocycles. The zero-order chi connectivity index (χ0) is 19.8. The van der Waals surface area contributed by atoms with Gasteiger partial charge in [-0.25, -0.2) is 0 Å². The number of aromatic nitrogens is 1. The molecule has 4 nitrogen and oxygen atoms in total. The van der Waals surface area contributed by atoms with E-state index in [1.54, 1.807) is 6.20 Å². The van der Waals surface area contributed by atoms with Gasteiger partial charge in [0.05, 0.1) is 17.5 Å². The smallest absolute Gasteiger partial charge is 0.230 e. The summed E-state index contributed by atoms with van der Waals surface area (Å²) < 4.78 is 5.82. The maximum absolute atomic E-state index is 12.3. The van der Waals surface area contributed by atoms with Gasteiger partial charge in [-0.2, -0.15) is 0 Å². The van der Waals surface area contributed by atoms with Crippen LogP contribution in [0.15, 0.2) is 77.8 Å². The van der Waals surface area contributed by atoms with Crippen LogP contribution in [0.2, 0.25) is 0 Å². The van der Waals surface area contributed by atoms with Crippen molar-refractivity contribution in [2.45, 2.75) is 31.4 Å². The van der Waals surface area contributed by atoms with Crippen molar-refractivity contribution in [3.63, 3.8) is 0 Å². The van der Waals surface area contributed by atoms with Crippen molar-refractivity contribution < 1.29 is 9.53 Å². The number of rotatable bonds is 8. The van der Waals surface area contributed by atoms with Gasteiger partial charge in [0.2, 0.25) is 5.91 Å². The molecule has 1 N–H and O–H groups in total. The van der Waals surface area contributed by atoms with E-state index < -0.39 is 0 Å². The molecule has 2 aromatic carbocycles. The van der Waals surface area contributed by atoms with E-state index in [0.29, 0.717) is 12.4 Å². The number of thioether (sulfide) groups is 1. The van der Waals surface area contributed by atoms with Crippen LogP contribution in [-0.2, 0) is 11.4 Å². The van der Waals surface area contributed by atoms with Gasteiger partial charge in [-0.1, -0.05) is 35.9 Å². The van der Waals surface area contributed by atoms with Crippen LogP contribution < -0.4 is 10.1 Å². The number of hydrogen-bond acceptors (Lipinski definition) is 4. The highest BCUT2D eigenvalue weighted by molar-refractivity contribution is 8.00. The molecule has 5 heteroatoms. The Morgan fingerprint density at radius 2 is 1.93 bits per heavy atom. The van der Waals surface area contributed by atoms with Crippen LogP contribution in [0.3, 0.4) is 0 Å². The molecule has 0 bridgehead atoms. The number of hydrogen-bond donors (Lipinski definition) is 1. The zero-order valence-corrected chi connectivity index (χ0v) is 16.9. The summed E-state index contributed by atoms with van der Waals surface area (Å²) in [5.41, 5.74) is 3.10. The molecule has 3 rings (SSSR count). The Hall–Kier alpha value is -2.79. The number of ether oxygens (including phenoxy) is 1. The standard InChI is InChI=1S/C23H24N2O2S/c1-17-9-11-22(12-10-17)28-16-23(26)25-18(2)19-6-5-8-21(14-19)27-15-20-7-3-4-13-24-20/h3-14,18H,15-16H2,1-2H3,(H,25,26). The molecule has 0 saturated carbocycles. The number of aryl methyl sites for hydroxylation is 1. The fraction of sp³-hybridized carbons (Fsp3) is 0.217. The van der Waals surface area contributed by atoms with Gasteiger partial charge in [0.25, 0.3) is 0 Å². The second kappa shape index (κ2) is 9.95. The van der Waals surface area contributed by atoms with Crippen LogP contribution in [0.25, 0.3) is 0 Å². The van der Waals surface area contributed by atoms with E-state index in [0.717, 1.165) is 21.9 Å². The molecule has 0 radical (unpaired) electrons. The van der Waals surface area contributed by atoms with E-state index in [-0.39, 0.29) is 11.9 Å². The molecule has 1 unspecified atom stereocenters. The predicted molar refractivity (Wildman–Crippen MR) is 113 cm³/mol. The van der Waals surface area contributed by atoms with Gasteiger partial charge in [0, 0.05) is 11.1 Å². The van der Waals surface area contributed by atoms with E-state index in [4.69, 9.17) is 4.74 Å². The van der Waals surface area contributed by atoms with Crippen LogP contribution in [0.1, 0.15) is 29.8 Å². The third-order valence-electron chi connectivity index (χ3n) is 4.24. The first-order chi connectivity index (χ1) is 13.6. The second-order valence-electron chi connectivity index (χ2n) is 6.57. The van der Waals surface area contributed by atoms with Gasteiger partial charge < -0.3 is 10.1 Å². The molecule has 0 fully saturated rings. The van der Waals surface area contributed by atoms with Crippen molar-refractivity contribution in [1.29, 1.82) is 0 Å². The van der Waals surface area contributed by atoms with Gasteiger partial charge in [-0.05, 0) is 55.8 Å². The largest absolute Gasteiger partial charge is 0.487 e. The lowest BCUT2D eigenvalue weighted by Crippen LogP contribution is -2.28. The minimum Gasteiger partial charge on any atom is -0.487 e. The monoisotopic (exact) mass is 392 g/mol. The van der Waals surface area contributed by atoms with Crippen LogP contribution >= 0.6 is 11.8 Å². The van der Waals surface area contributed by atoms with Crippen molar-refractivity contribution in [2.24, 2.45) is 0 Å². The van der Waals surface area contributed by atoms with Crippen LogP contribution in [0.4, 0.5) is 0 Å². The Bertz CT molecular complexity index is 898. The Morgan fingerprint density at radius 1 is 1.11 bits per heavy atom. The van der Waals surface area contributed by atoms with E-state index in [2.05, 4.69) is 29.4 Å². The van der Waals surface area contributed by atoms with Gasteiger partial charge >= 0.3 is 0 Å². The molecular weight excluding hydrogens is 368 g/mol. The molecule has 144 valence electrons. The van der Waals surface area contributed by atoms with Crippen molar-refractivity contribution in [3.05, 3.63) is 89.7 Å². The summed E-state index contributed by atoms with van der Waals surface area (Å²) in [5.74, 6) is 1.17. The maximum Gasteiger partial charge on any atom is 0.230 e. The Labute approximate surface area is 170 Å². The molecule has 1 atom stereocenters. The lowest BCUT2D eigenvalue weighted by Gasteiger charge is -2.15. The first-order valence-electron chi connectivity index (χ1n) is 9.21. The molecule has 0 spiro atoms. The van der Waals surface area contributed by atoms with E-state index >= 15 is 0 Å². The number of carbonyl (C=O) groups excluding carboxylic acids is 1. The average Bonchev–Trinajstić information content (AvgIpc) is 2.73. The molecule has 1 aromatic heterocycles. The minimum absolute atomic E-state index is 0.0119. The van der Waals surface area contributed by atoms with Crippen molar-refractivity contribution >= 4 is 17.7 Å². The fourth-order valence-corrected chi connectivity index (χ4v) is 3.37. The fourth-order valence-electron chi connectivity index (χ4n) is 2.66. The van der Waals surface area contributed by atoms with E-state index in [1.807, 2.05) is 61.5 Å². The summed E-state index contributed by atoms with van der Waals surface area (Å²) in [6.45, 7) is 4.45. The third kappa shape index (κ3) is 6.13. The molecule has 1 heterocycles. The first-order valence-corrected chi connectivity index (χ1v) is 10.2. The Morgan fingerprint density at radius 3 is 2.68 bits per heavy atom. The normalized spacial score (nSPS) is 11.6. The summed E-state index contributed by atoms with van der Waals surface area (Å²) in [6.07, 6.45) is 1.75. The summed E-state index contributed by atoms with van der Waals surface area (Å²) >= 11 is 1.54. The molecule has 1 amide bonds. The highest BCUT2D eigenvalue weighted by Crippen LogP contribution is 2.21. The van der Waals surface area contributed by atoms with E-state index in [9.17, 15) is 4.79 Å². The topological polar surface area (TPSA) is 51.2 Å². The second-order valence-corrected chi connectivity index (χ2v) is 7.62. The zero-order valence-electron chi connectivity index (χ0n) is 16.1. The first kappa shape index (κ1) is 20.0.